The van der Waals surface area contributed by atoms with Gasteiger partial charge in [0.15, 0.2) is 0 Å². The quantitative estimate of drug-likeness (QED) is 0.117. The van der Waals surface area contributed by atoms with E-state index in [-0.39, 0.29) is 63.2 Å². The molecule has 0 saturated carbocycles. The molecule has 0 amide bonds. The summed E-state index contributed by atoms with van der Waals surface area (Å²) in [7, 11) is 2.00. The van der Waals surface area contributed by atoms with Crippen molar-refractivity contribution in [3.05, 3.63) is 331 Å². The number of aryl methyl sites for hydroxylation is 9. The number of imidazole rings is 2. The topological polar surface area (TPSA) is 130 Å². The first-order chi connectivity index (χ1) is 50.4. The Morgan fingerprint density at radius 3 is 1.72 bits per heavy atom. The second-order valence-corrected chi connectivity index (χ2v) is 25.8. The van der Waals surface area contributed by atoms with Crippen molar-refractivity contribution in [1.29, 1.82) is 0 Å². The summed E-state index contributed by atoms with van der Waals surface area (Å²) in [6.45, 7) is 0.916. The maximum atomic E-state index is 6.35. The van der Waals surface area contributed by atoms with Crippen LogP contribution in [0.4, 0.5) is 0 Å². The molecule has 0 aliphatic carbocycles. The van der Waals surface area contributed by atoms with E-state index in [2.05, 4.69) is 190 Å². The fraction of sp³-hybridized carbons (Fsp3) is 0.103. The number of benzene rings is 10. The number of ether oxygens (including phenoxy) is 2. The summed E-state index contributed by atoms with van der Waals surface area (Å²) >= 11 is 0. The van der Waals surface area contributed by atoms with Gasteiger partial charge in [-0.15, -0.1) is 87.6 Å². The number of hydrogen-bond acceptors (Lipinski definition) is 8. The van der Waals surface area contributed by atoms with E-state index in [9.17, 15) is 0 Å². The minimum Gasteiger partial charge on any atom is -0.509 e. The molecule has 516 valence electrons. The minimum atomic E-state index is 0. The number of pyridine rings is 1. The van der Waals surface area contributed by atoms with Crippen molar-refractivity contribution in [2.45, 2.75) is 51.5 Å². The molecule has 10 aromatic carbocycles. The van der Waals surface area contributed by atoms with E-state index in [1.165, 1.54) is 28.1 Å². The molecule has 0 N–H and O–H groups in total. The third-order valence-electron chi connectivity index (χ3n) is 19.5. The van der Waals surface area contributed by atoms with Crippen LogP contribution in [0, 0.1) is 36.4 Å². The molecule has 105 heavy (non-hydrogen) atoms. The van der Waals surface area contributed by atoms with E-state index >= 15 is 0 Å². The third-order valence-corrected chi connectivity index (χ3v) is 19.5. The molecule has 0 spiro atoms. The van der Waals surface area contributed by atoms with Gasteiger partial charge in [0.2, 0.25) is 5.95 Å². The van der Waals surface area contributed by atoms with Crippen LogP contribution in [0.15, 0.2) is 255 Å². The van der Waals surface area contributed by atoms with Gasteiger partial charge in [0.25, 0.3) is 0 Å². The summed E-state index contributed by atoms with van der Waals surface area (Å²) in [4.78, 5) is 14.1. The number of fused-ring (bicyclic) bond motifs is 17. The first-order valence-corrected chi connectivity index (χ1v) is 34.4. The second-order valence-electron chi connectivity index (χ2n) is 25.8. The molecule has 8 aromatic heterocycles. The van der Waals surface area contributed by atoms with E-state index in [1.807, 2.05) is 146 Å². The van der Waals surface area contributed by atoms with Crippen LogP contribution in [-0.2, 0) is 122 Å². The molecule has 0 fully saturated rings. The number of hydrogen-bond donors (Lipinski definition) is 0. The van der Waals surface area contributed by atoms with Gasteiger partial charge in [0, 0.05) is 89.4 Å². The van der Waals surface area contributed by atoms with Gasteiger partial charge in [-0.1, -0.05) is 115 Å². The van der Waals surface area contributed by atoms with E-state index in [0.717, 1.165) is 169 Å². The normalized spacial score (nSPS) is 12.2. The molecule has 18 aromatic rings. The Balaban J connectivity index is 0.000000121. The van der Waals surface area contributed by atoms with E-state index < -0.39 is 0 Å². The van der Waals surface area contributed by atoms with E-state index in [4.69, 9.17) is 24.7 Å². The van der Waals surface area contributed by atoms with Crippen LogP contribution in [-0.4, -0.2) is 62.6 Å². The zero-order valence-electron chi connectivity index (χ0n) is 56.5. The summed E-state index contributed by atoms with van der Waals surface area (Å²) in [6.07, 6.45) is 16.4. The molecular weight excluding hydrogens is 1840 g/mol. The van der Waals surface area contributed by atoms with Crippen molar-refractivity contribution in [1.82, 2.24) is 62.6 Å². The van der Waals surface area contributed by atoms with Gasteiger partial charge in [0.1, 0.15) is 5.82 Å². The predicted octanol–water partition coefficient (Wildman–Crippen LogP) is 17.5. The van der Waals surface area contributed by atoms with Gasteiger partial charge in [-0.2, -0.15) is 82.0 Å². The van der Waals surface area contributed by atoms with Crippen molar-refractivity contribution in [3.8, 4) is 74.3 Å². The first kappa shape index (κ1) is 68.4. The van der Waals surface area contributed by atoms with Gasteiger partial charge >= 0.3 is 63.2 Å². The average molecular weight is 1910 g/mol. The van der Waals surface area contributed by atoms with Crippen molar-refractivity contribution in [3.63, 3.8) is 0 Å². The summed E-state index contributed by atoms with van der Waals surface area (Å²) in [5.74, 6) is 5.09. The van der Waals surface area contributed by atoms with E-state index in [1.54, 1.807) is 10.9 Å². The Labute approximate surface area is 648 Å². The van der Waals surface area contributed by atoms with Gasteiger partial charge in [-0.25, -0.2) is 9.97 Å². The second kappa shape index (κ2) is 29.2. The predicted molar refractivity (Wildman–Crippen MR) is 397 cm³/mol. The monoisotopic (exact) mass is 1900 g/mol. The fourth-order valence-corrected chi connectivity index (χ4v) is 14.6. The fourth-order valence-electron chi connectivity index (χ4n) is 14.6. The van der Waals surface area contributed by atoms with Crippen molar-refractivity contribution < 1.29 is 72.7 Å². The Morgan fingerprint density at radius 1 is 0.467 bits per heavy atom. The van der Waals surface area contributed by atoms with Crippen molar-refractivity contribution in [2.24, 2.45) is 7.05 Å². The van der Waals surface area contributed by atoms with Gasteiger partial charge in [0.05, 0.1) is 34.4 Å². The molecule has 21 rings (SSSR count). The van der Waals surface area contributed by atoms with Gasteiger partial charge < -0.3 is 27.7 Å². The standard InChI is InChI=1S/C32H20N4O.C31H21N5O.C24H20N4.3Pt/c1-2-9-23(10-3-1)24-21-34-35(22-24)25-11-8-12-26(19-25)37-27-16-17-29-28-13-4-5-14-30(28)36(31(29)20-27)32-15-6-7-18-33-32;1-34-17-15-32-31(34)36-27-8-4-2-6-23(27)24-13-12-22(19-29(24)36)37-21-11-10-20-14-16-35-28-9-5-3-7-26(28)33-30(35)25(20)18-21;1-3-7-23-17(5-1)9-13-21-15-19(25-27(21)23)11-12-20-16-22-14-10-18-6-2-4-8-24(18)28(22)26-20;;;/h1-18,21-22H;2-13,15,17H,14,16H2,1H3;1-6,15-16H,9-14H2;;;/q3*-2;3*+2. The summed E-state index contributed by atoms with van der Waals surface area (Å²) in [5.41, 5.74) is 21.1. The van der Waals surface area contributed by atoms with Gasteiger partial charge in [-0.3, -0.25) is 19.0 Å². The molecular formula is C87H61N13O2Pt3. The number of nitrogens with zero attached hydrogens (tertiary/aromatic N) is 13. The van der Waals surface area contributed by atoms with Crippen LogP contribution in [0.1, 0.15) is 39.5 Å². The SMILES string of the molecule is Cn1ccnc1-n1c2[c-]c(Oc3[c-]c4c(cc3)CCn3c-4nc4ccccc43)ccc2c2ccccc21.[Pt+2].[Pt+2].[Pt+2].[c-]1c(Oc2[c-]c3c(cc2)c2ccccc2n3-c2ccccn2)cccc1-n1cc(-c2ccccc2)cn1.[c-]1cccc2c1-n1nc(CCc3cc4n(n3)-c3[c-]cccc3CC4)cc1CC2. The zero-order chi connectivity index (χ0) is 67.6. The summed E-state index contributed by atoms with van der Waals surface area (Å²) in [6, 6.07) is 96.5. The molecule has 0 radical (unpaired) electrons. The Morgan fingerprint density at radius 2 is 1.07 bits per heavy atom. The van der Waals surface area contributed by atoms with E-state index in [0.29, 0.717) is 23.0 Å². The van der Waals surface area contributed by atoms with Crippen LogP contribution in [0.2, 0.25) is 0 Å². The third kappa shape index (κ3) is 12.9. The number of aromatic nitrogens is 13. The maximum absolute atomic E-state index is 6.35. The maximum Gasteiger partial charge on any atom is 2.00 e. The van der Waals surface area contributed by atoms with Crippen LogP contribution in [0.5, 0.6) is 23.0 Å². The Hall–Kier alpha value is -11.1. The Bertz CT molecular complexity index is 6130. The average Bonchev–Trinajstić information content (AvgIpc) is 1.61. The summed E-state index contributed by atoms with van der Waals surface area (Å²) in [5, 5.41) is 18.8. The zero-order valence-corrected chi connectivity index (χ0v) is 63.3. The molecule has 3 aliphatic rings. The molecule has 18 heteroatoms. The van der Waals surface area contributed by atoms with Crippen LogP contribution in [0.3, 0.4) is 0 Å². The molecule has 0 bridgehead atoms. The van der Waals surface area contributed by atoms with Crippen LogP contribution < -0.4 is 9.47 Å². The number of rotatable bonds is 11. The smallest absolute Gasteiger partial charge is 0.509 e. The molecule has 0 atom stereocenters. The van der Waals surface area contributed by atoms with Crippen molar-refractivity contribution >= 4 is 54.6 Å². The van der Waals surface area contributed by atoms with Crippen LogP contribution in [0.25, 0.3) is 106 Å². The van der Waals surface area contributed by atoms with Crippen molar-refractivity contribution in [2.75, 3.05) is 0 Å². The Kier molecular flexibility index (Phi) is 19.0. The summed E-state index contributed by atoms with van der Waals surface area (Å²) < 4.78 is 27.1. The minimum absolute atomic E-state index is 0. The molecule has 0 unspecified atom stereocenters. The molecule has 11 heterocycles. The molecule has 3 aliphatic heterocycles. The van der Waals surface area contributed by atoms with Gasteiger partial charge in [-0.05, 0) is 114 Å². The van der Waals surface area contributed by atoms with Crippen LogP contribution >= 0.6 is 0 Å². The largest absolute Gasteiger partial charge is 2.00 e. The molecule has 0 saturated heterocycles. The number of para-hydroxylation sites is 6. The first-order valence-electron chi connectivity index (χ1n) is 34.4. The molecule has 15 nitrogen and oxygen atoms in total.